The van der Waals surface area contributed by atoms with Crippen molar-refractivity contribution in [3.8, 4) is 0 Å². The Morgan fingerprint density at radius 3 is 2.18 bits per heavy atom. The van der Waals surface area contributed by atoms with Gasteiger partial charge >= 0.3 is 0 Å². The first kappa shape index (κ1) is 8.96. The maximum atomic E-state index is 10.8. The molecule has 0 radical (unpaired) electrons. The van der Waals surface area contributed by atoms with Gasteiger partial charge in [-0.2, -0.15) is 12.7 Å². The first-order chi connectivity index (χ1) is 5.00. The number of nitrogens with two attached hydrogens (primary N) is 1. The second-order valence-corrected chi connectivity index (χ2v) is 4.67. The molecule has 1 fully saturated rings. The molecular formula is C6H14N2O2S. The Hall–Kier alpha value is -0.130. The number of nitrogens with zero attached hydrogens (tertiary/aromatic N) is 1. The second kappa shape index (κ2) is 3.08. The zero-order chi connectivity index (χ0) is 8.48. The number of piperidine rings is 1. The van der Waals surface area contributed by atoms with Gasteiger partial charge in [-0.15, -0.1) is 0 Å². The fourth-order valence-corrected chi connectivity index (χ4v) is 1.96. The van der Waals surface area contributed by atoms with E-state index >= 15 is 0 Å². The number of hydrogen-bond donors (Lipinski definition) is 1. The lowest BCUT2D eigenvalue weighted by Crippen LogP contribution is -2.41. The van der Waals surface area contributed by atoms with Gasteiger partial charge < -0.3 is 0 Å². The van der Waals surface area contributed by atoms with Gasteiger partial charge in [0.15, 0.2) is 0 Å². The van der Waals surface area contributed by atoms with Crippen LogP contribution in [0.25, 0.3) is 0 Å². The van der Waals surface area contributed by atoms with Crippen LogP contribution in [-0.4, -0.2) is 25.8 Å². The molecule has 0 aliphatic carbocycles. The van der Waals surface area contributed by atoms with Crippen molar-refractivity contribution in [1.29, 1.82) is 0 Å². The number of rotatable bonds is 1. The lowest BCUT2D eigenvalue weighted by Gasteiger charge is -2.27. The molecule has 0 atom stereocenters. The largest absolute Gasteiger partial charge is 0.276 e. The summed E-state index contributed by atoms with van der Waals surface area (Å²) in [6.45, 7) is 3.29. The molecule has 1 heterocycles. The molecule has 0 aromatic rings. The van der Waals surface area contributed by atoms with Crippen molar-refractivity contribution in [2.75, 3.05) is 13.1 Å². The van der Waals surface area contributed by atoms with E-state index < -0.39 is 10.2 Å². The van der Waals surface area contributed by atoms with Crippen LogP contribution in [0, 0.1) is 5.92 Å². The SMILES string of the molecule is CC1CCN(S(N)(=O)=O)CC1. The van der Waals surface area contributed by atoms with Crippen LogP contribution in [-0.2, 0) is 10.2 Å². The van der Waals surface area contributed by atoms with Crippen LogP contribution < -0.4 is 5.14 Å². The minimum Gasteiger partial charge on any atom is -0.216 e. The van der Waals surface area contributed by atoms with E-state index in [-0.39, 0.29) is 0 Å². The summed E-state index contributed by atoms with van der Waals surface area (Å²) in [4.78, 5) is 0. The summed E-state index contributed by atoms with van der Waals surface area (Å²) < 4.78 is 22.9. The lowest BCUT2D eigenvalue weighted by molar-refractivity contribution is 0.288. The maximum Gasteiger partial charge on any atom is 0.276 e. The van der Waals surface area contributed by atoms with Crippen molar-refractivity contribution < 1.29 is 8.42 Å². The van der Waals surface area contributed by atoms with Gasteiger partial charge in [0.05, 0.1) is 0 Å². The van der Waals surface area contributed by atoms with Crippen molar-refractivity contribution >= 4 is 10.2 Å². The summed E-state index contributed by atoms with van der Waals surface area (Å²) in [5.41, 5.74) is 0. The van der Waals surface area contributed by atoms with Gasteiger partial charge in [-0.3, -0.25) is 0 Å². The van der Waals surface area contributed by atoms with Crippen LogP contribution in [0.1, 0.15) is 19.8 Å². The molecule has 0 spiro atoms. The molecule has 0 bridgehead atoms. The van der Waals surface area contributed by atoms with Gasteiger partial charge in [-0.1, -0.05) is 6.92 Å². The van der Waals surface area contributed by atoms with Crippen molar-refractivity contribution in [1.82, 2.24) is 4.31 Å². The minimum absolute atomic E-state index is 0.583. The highest BCUT2D eigenvalue weighted by molar-refractivity contribution is 7.86. The van der Waals surface area contributed by atoms with Crippen molar-refractivity contribution in [2.45, 2.75) is 19.8 Å². The normalized spacial score (nSPS) is 23.8. The van der Waals surface area contributed by atoms with E-state index in [0.29, 0.717) is 19.0 Å². The summed E-state index contributed by atoms with van der Waals surface area (Å²) in [6.07, 6.45) is 1.85. The molecule has 0 unspecified atom stereocenters. The molecule has 1 rings (SSSR count). The maximum absolute atomic E-state index is 10.8. The van der Waals surface area contributed by atoms with Crippen molar-refractivity contribution in [2.24, 2.45) is 11.1 Å². The highest BCUT2D eigenvalue weighted by Gasteiger charge is 2.22. The summed E-state index contributed by atoms with van der Waals surface area (Å²) in [7, 11) is -3.42. The quantitative estimate of drug-likeness (QED) is 0.610. The molecule has 5 heteroatoms. The molecule has 2 N–H and O–H groups in total. The second-order valence-electron chi connectivity index (χ2n) is 3.13. The van der Waals surface area contributed by atoms with E-state index in [1.165, 1.54) is 4.31 Å². The molecule has 0 aromatic heterocycles. The zero-order valence-electron chi connectivity index (χ0n) is 6.66. The molecule has 1 aliphatic rings. The molecule has 1 aliphatic heterocycles. The predicted octanol–water partition coefficient (Wildman–Crippen LogP) is -0.0782. The monoisotopic (exact) mass is 178 g/mol. The first-order valence-corrected chi connectivity index (χ1v) is 5.28. The minimum atomic E-state index is -3.42. The summed E-state index contributed by atoms with van der Waals surface area (Å²) >= 11 is 0. The van der Waals surface area contributed by atoms with E-state index in [2.05, 4.69) is 6.92 Å². The van der Waals surface area contributed by atoms with Gasteiger partial charge in [-0.25, -0.2) is 5.14 Å². The Morgan fingerprint density at radius 1 is 1.36 bits per heavy atom. The van der Waals surface area contributed by atoms with E-state index in [0.717, 1.165) is 12.8 Å². The third-order valence-electron chi connectivity index (χ3n) is 2.10. The lowest BCUT2D eigenvalue weighted by atomic mass is 10.0. The van der Waals surface area contributed by atoms with Crippen LogP contribution in [0.5, 0.6) is 0 Å². The average Bonchev–Trinajstić information content (AvgIpc) is 1.86. The molecule has 4 nitrogen and oxygen atoms in total. The smallest absolute Gasteiger partial charge is 0.216 e. The average molecular weight is 178 g/mol. The third kappa shape index (κ3) is 2.43. The Bertz CT molecular complexity index is 217. The van der Waals surface area contributed by atoms with E-state index in [1.807, 2.05) is 0 Å². The van der Waals surface area contributed by atoms with Gasteiger partial charge in [0.2, 0.25) is 0 Å². The molecule has 1 saturated heterocycles. The fourth-order valence-electron chi connectivity index (χ4n) is 1.24. The van der Waals surface area contributed by atoms with Crippen molar-refractivity contribution in [3.63, 3.8) is 0 Å². The highest BCUT2D eigenvalue weighted by Crippen LogP contribution is 2.16. The fraction of sp³-hybridized carbons (Fsp3) is 1.00. The van der Waals surface area contributed by atoms with Gasteiger partial charge in [0, 0.05) is 13.1 Å². The Labute approximate surface area is 67.6 Å². The molecule has 66 valence electrons. The topological polar surface area (TPSA) is 63.4 Å². The van der Waals surface area contributed by atoms with Crippen LogP contribution >= 0.6 is 0 Å². The number of hydrogen-bond acceptors (Lipinski definition) is 2. The Balaban J connectivity index is 2.53. The highest BCUT2D eigenvalue weighted by atomic mass is 32.2. The van der Waals surface area contributed by atoms with Crippen LogP contribution in [0.2, 0.25) is 0 Å². The van der Waals surface area contributed by atoms with Crippen LogP contribution in [0.4, 0.5) is 0 Å². The van der Waals surface area contributed by atoms with Crippen molar-refractivity contribution in [3.05, 3.63) is 0 Å². The summed E-state index contributed by atoms with van der Waals surface area (Å²) in [6, 6.07) is 0. The molecule has 11 heavy (non-hydrogen) atoms. The van der Waals surface area contributed by atoms with E-state index in [1.54, 1.807) is 0 Å². The predicted molar refractivity (Wildman–Crippen MR) is 43.1 cm³/mol. The van der Waals surface area contributed by atoms with Gasteiger partial charge in [-0.05, 0) is 18.8 Å². The van der Waals surface area contributed by atoms with E-state index in [9.17, 15) is 8.42 Å². The standard InChI is InChI=1S/C6H14N2O2S/c1-6-2-4-8(5-3-6)11(7,9)10/h6H,2-5H2,1H3,(H2,7,9,10). The zero-order valence-corrected chi connectivity index (χ0v) is 7.47. The Kier molecular flexibility index (Phi) is 2.51. The van der Waals surface area contributed by atoms with E-state index in [4.69, 9.17) is 5.14 Å². The molecular weight excluding hydrogens is 164 g/mol. The molecule has 0 aromatic carbocycles. The summed E-state index contributed by atoms with van der Waals surface area (Å²) in [5.74, 6) is 0.632. The van der Waals surface area contributed by atoms with Crippen LogP contribution in [0.15, 0.2) is 0 Å². The first-order valence-electron chi connectivity index (χ1n) is 3.78. The Morgan fingerprint density at radius 2 is 1.82 bits per heavy atom. The molecule has 0 saturated carbocycles. The van der Waals surface area contributed by atoms with Gasteiger partial charge in [0.1, 0.15) is 0 Å². The van der Waals surface area contributed by atoms with Gasteiger partial charge in [0.25, 0.3) is 10.2 Å². The summed E-state index contributed by atoms with van der Waals surface area (Å²) in [5, 5.41) is 4.95. The molecule has 0 amide bonds. The van der Waals surface area contributed by atoms with Crippen LogP contribution in [0.3, 0.4) is 0 Å². The third-order valence-corrected chi connectivity index (χ3v) is 3.19.